The van der Waals surface area contributed by atoms with E-state index in [4.69, 9.17) is 4.74 Å². The van der Waals surface area contributed by atoms with Crippen molar-refractivity contribution in [3.8, 4) is 5.75 Å². The molecule has 0 fully saturated rings. The smallest absolute Gasteiger partial charge is 0.292 e. The summed E-state index contributed by atoms with van der Waals surface area (Å²) in [6.07, 6.45) is 1.83. The number of nitro benzene ring substituents is 1. The monoisotopic (exact) mass is 268 g/mol. The van der Waals surface area contributed by atoms with Crippen molar-refractivity contribution in [1.82, 2.24) is 0 Å². The van der Waals surface area contributed by atoms with E-state index in [0.29, 0.717) is 18.0 Å². The standard InChI is InChI=1S/C12H16N2O3S/c1-3-7-18-8-6-13-11-9-10(17-2)4-5-12(11)14(15)16/h3-5,9,13H,1,6-8H2,2H3. The Morgan fingerprint density at radius 2 is 2.39 bits per heavy atom. The molecule has 0 aliphatic heterocycles. The number of anilines is 1. The summed E-state index contributed by atoms with van der Waals surface area (Å²) in [5.74, 6) is 2.34. The molecule has 1 N–H and O–H groups in total. The van der Waals surface area contributed by atoms with E-state index in [-0.39, 0.29) is 5.69 Å². The van der Waals surface area contributed by atoms with Gasteiger partial charge in [-0.3, -0.25) is 10.1 Å². The maximum Gasteiger partial charge on any atom is 0.292 e. The lowest BCUT2D eigenvalue weighted by atomic mass is 10.2. The number of ether oxygens (including phenoxy) is 1. The maximum atomic E-state index is 10.9. The van der Waals surface area contributed by atoms with Gasteiger partial charge in [-0.2, -0.15) is 11.8 Å². The Hall–Kier alpha value is -1.69. The number of methoxy groups -OCH3 is 1. The number of thioether (sulfide) groups is 1. The van der Waals surface area contributed by atoms with Crippen LogP contribution in [0.25, 0.3) is 0 Å². The van der Waals surface area contributed by atoms with Crippen molar-refractivity contribution in [3.05, 3.63) is 41.0 Å². The van der Waals surface area contributed by atoms with E-state index in [1.54, 1.807) is 23.9 Å². The minimum atomic E-state index is -0.404. The van der Waals surface area contributed by atoms with Gasteiger partial charge in [-0.05, 0) is 6.07 Å². The average Bonchev–Trinajstić information content (AvgIpc) is 2.38. The summed E-state index contributed by atoms with van der Waals surface area (Å²) in [6.45, 7) is 4.29. The fraction of sp³-hybridized carbons (Fsp3) is 0.333. The van der Waals surface area contributed by atoms with Gasteiger partial charge in [0.15, 0.2) is 0 Å². The van der Waals surface area contributed by atoms with Crippen LogP contribution in [0.1, 0.15) is 0 Å². The molecule has 0 aliphatic carbocycles. The summed E-state index contributed by atoms with van der Waals surface area (Å²) in [6, 6.07) is 4.66. The predicted molar refractivity (Wildman–Crippen MR) is 75.7 cm³/mol. The van der Waals surface area contributed by atoms with Crippen LogP contribution in [0.5, 0.6) is 5.75 Å². The van der Waals surface area contributed by atoms with E-state index in [2.05, 4.69) is 11.9 Å². The Morgan fingerprint density at radius 3 is 3.00 bits per heavy atom. The third kappa shape index (κ3) is 4.29. The quantitative estimate of drug-likeness (QED) is 0.340. The third-order valence-corrected chi connectivity index (χ3v) is 3.16. The molecule has 0 aliphatic rings. The zero-order valence-corrected chi connectivity index (χ0v) is 11.0. The zero-order chi connectivity index (χ0) is 13.4. The van der Waals surface area contributed by atoms with Crippen molar-refractivity contribution in [3.63, 3.8) is 0 Å². The topological polar surface area (TPSA) is 64.4 Å². The van der Waals surface area contributed by atoms with E-state index < -0.39 is 4.92 Å². The molecule has 1 aromatic carbocycles. The first-order valence-electron chi connectivity index (χ1n) is 5.44. The summed E-state index contributed by atoms with van der Waals surface area (Å²) >= 11 is 1.72. The Morgan fingerprint density at radius 1 is 1.61 bits per heavy atom. The van der Waals surface area contributed by atoms with Gasteiger partial charge in [0.05, 0.1) is 12.0 Å². The van der Waals surface area contributed by atoms with Crippen molar-refractivity contribution in [2.75, 3.05) is 30.5 Å². The highest BCUT2D eigenvalue weighted by atomic mass is 32.2. The Labute approximate surface area is 110 Å². The van der Waals surface area contributed by atoms with Gasteiger partial charge >= 0.3 is 0 Å². The molecular weight excluding hydrogens is 252 g/mol. The van der Waals surface area contributed by atoms with Crippen LogP contribution in [0.3, 0.4) is 0 Å². The molecule has 0 spiro atoms. The van der Waals surface area contributed by atoms with Gasteiger partial charge in [-0.25, -0.2) is 0 Å². The van der Waals surface area contributed by atoms with Crippen LogP contribution >= 0.6 is 11.8 Å². The molecular formula is C12H16N2O3S. The second kappa shape index (κ2) is 7.60. The fourth-order valence-electron chi connectivity index (χ4n) is 1.37. The van der Waals surface area contributed by atoms with Crippen LogP contribution in [0, 0.1) is 10.1 Å². The van der Waals surface area contributed by atoms with Gasteiger partial charge in [0.25, 0.3) is 5.69 Å². The lowest BCUT2D eigenvalue weighted by Crippen LogP contribution is -2.06. The molecule has 1 aromatic rings. The normalized spacial score (nSPS) is 9.83. The van der Waals surface area contributed by atoms with Crippen molar-refractivity contribution >= 4 is 23.1 Å². The van der Waals surface area contributed by atoms with E-state index in [0.717, 1.165) is 11.5 Å². The van der Waals surface area contributed by atoms with Crippen molar-refractivity contribution in [2.24, 2.45) is 0 Å². The summed E-state index contributed by atoms with van der Waals surface area (Å²) in [7, 11) is 1.53. The molecule has 0 radical (unpaired) electrons. The number of hydrogen-bond acceptors (Lipinski definition) is 5. The van der Waals surface area contributed by atoms with E-state index in [9.17, 15) is 10.1 Å². The Balaban J connectivity index is 2.65. The van der Waals surface area contributed by atoms with E-state index >= 15 is 0 Å². The molecule has 5 nitrogen and oxygen atoms in total. The van der Waals surface area contributed by atoms with Crippen LogP contribution in [0.15, 0.2) is 30.9 Å². The number of nitrogens with one attached hydrogen (secondary N) is 1. The first kappa shape index (κ1) is 14.4. The molecule has 0 saturated heterocycles. The number of benzene rings is 1. The summed E-state index contributed by atoms with van der Waals surface area (Å²) in [5, 5.41) is 13.9. The zero-order valence-electron chi connectivity index (χ0n) is 10.2. The first-order chi connectivity index (χ1) is 8.69. The van der Waals surface area contributed by atoms with Gasteiger partial charge in [0.1, 0.15) is 11.4 Å². The SMILES string of the molecule is C=CCSCCNc1cc(OC)ccc1[N+](=O)[O-]. The van der Waals surface area contributed by atoms with Crippen LogP contribution in [0.4, 0.5) is 11.4 Å². The van der Waals surface area contributed by atoms with Crippen molar-refractivity contribution in [1.29, 1.82) is 0 Å². The third-order valence-electron chi connectivity index (χ3n) is 2.20. The second-order valence-electron chi connectivity index (χ2n) is 3.43. The molecule has 0 bridgehead atoms. The molecule has 0 saturated carbocycles. The first-order valence-corrected chi connectivity index (χ1v) is 6.59. The van der Waals surface area contributed by atoms with Gasteiger partial charge in [0, 0.05) is 30.2 Å². The largest absolute Gasteiger partial charge is 0.497 e. The summed E-state index contributed by atoms with van der Waals surface area (Å²) < 4.78 is 5.05. The maximum absolute atomic E-state index is 10.9. The number of hydrogen-bond donors (Lipinski definition) is 1. The van der Waals surface area contributed by atoms with Crippen LogP contribution in [-0.4, -0.2) is 30.1 Å². The molecule has 0 heterocycles. The Bertz CT molecular complexity index is 424. The highest BCUT2D eigenvalue weighted by Gasteiger charge is 2.13. The molecule has 0 amide bonds. The molecule has 1 rings (SSSR count). The molecule has 0 atom stereocenters. The molecule has 6 heteroatoms. The minimum Gasteiger partial charge on any atom is -0.497 e. The predicted octanol–water partition coefficient (Wildman–Crippen LogP) is 2.93. The van der Waals surface area contributed by atoms with Crippen LogP contribution < -0.4 is 10.1 Å². The number of nitrogens with zero attached hydrogens (tertiary/aromatic N) is 1. The summed E-state index contributed by atoms with van der Waals surface area (Å²) in [4.78, 5) is 10.5. The van der Waals surface area contributed by atoms with E-state index in [1.807, 2.05) is 6.08 Å². The lowest BCUT2D eigenvalue weighted by molar-refractivity contribution is -0.384. The second-order valence-corrected chi connectivity index (χ2v) is 4.58. The van der Waals surface area contributed by atoms with Crippen LogP contribution in [0.2, 0.25) is 0 Å². The van der Waals surface area contributed by atoms with Gasteiger partial charge in [-0.15, -0.1) is 6.58 Å². The fourth-order valence-corrected chi connectivity index (χ4v) is 1.95. The number of rotatable bonds is 8. The van der Waals surface area contributed by atoms with Crippen molar-refractivity contribution < 1.29 is 9.66 Å². The number of nitro groups is 1. The van der Waals surface area contributed by atoms with Gasteiger partial charge in [-0.1, -0.05) is 6.08 Å². The molecule has 0 aromatic heterocycles. The minimum absolute atomic E-state index is 0.0597. The molecule has 0 unspecified atom stereocenters. The summed E-state index contributed by atoms with van der Waals surface area (Å²) in [5.41, 5.74) is 0.545. The lowest BCUT2D eigenvalue weighted by Gasteiger charge is -2.08. The van der Waals surface area contributed by atoms with Crippen molar-refractivity contribution in [2.45, 2.75) is 0 Å². The van der Waals surface area contributed by atoms with Crippen LogP contribution in [-0.2, 0) is 0 Å². The highest BCUT2D eigenvalue weighted by Crippen LogP contribution is 2.28. The van der Waals surface area contributed by atoms with Gasteiger partial charge < -0.3 is 10.1 Å². The molecule has 98 valence electrons. The molecule has 18 heavy (non-hydrogen) atoms. The van der Waals surface area contributed by atoms with Gasteiger partial charge in [0.2, 0.25) is 0 Å². The van der Waals surface area contributed by atoms with E-state index in [1.165, 1.54) is 13.2 Å². The highest BCUT2D eigenvalue weighted by molar-refractivity contribution is 7.99. The average molecular weight is 268 g/mol. The Kier molecular flexibility index (Phi) is 6.07.